The van der Waals surface area contributed by atoms with E-state index in [4.69, 9.17) is 4.42 Å². The highest BCUT2D eigenvalue weighted by atomic mass is 32.2. The predicted molar refractivity (Wildman–Crippen MR) is 125 cm³/mol. The van der Waals surface area contributed by atoms with Crippen LogP contribution in [0, 0.1) is 5.82 Å². The summed E-state index contributed by atoms with van der Waals surface area (Å²) in [5.41, 5.74) is 1.83. The number of piperidine rings is 1. The van der Waals surface area contributed by atoms with Gasteiger partial charge < -0.3 is 4.42 Å². The second-order valence-corrected chi connectivity index (χ2v) is 9.64. The molecule has 32 heavy (non-hydrogen) atoms. The zero-order valence-corrected chi connectivity index (χ0v) is 19.4. The second-order valence-electron chi connectivity index (χ2n) is 7.84. The highest BCUT2D eigenvalue weighted by molar-refractivity contribution is 7.98. The Morgan fingerprint density at radius 1 is 1.12 bits per heavy atom. The third-order valence-electron chi connectivity index (χ3n) is 5.69. The maximum atomic E-state index is 13.6. The number of halogens is 1. The molecule has 6 nitrogen and oxygen atoms in total. The van der Waals surface area contributed by atoms with E-state index < -0.39 is 0 Å². The van der Waals surface area contributed by atoms with Crippen molar-refractivity contribution in [3.05, 3.63) is 65.4 Å². The lowest BCUT2D eigenvalue weighted by atomic mass is 10.1. The quantitative estimate of drug-likeness (QED) is 0.311. The smallest absolute Gasteiger partial charge is 0.196 e. The van der Waals surface area contributed by atoms with Crippen LogP contribution in [-0.4, -0.2) is 37.7 Å². The van der Waals surface area contributed by atoms with E-state index in [1.807, 2.05) is 17.5 Å². The first-order chi connectivity index (χ1) is 15.7. The normalized spacial score (nSPS) is 15.8. The molecule has 4 aromatic rings. The first kappa shape index (κ1) is 21.4. The molecule has 1 saturated heterocycles. The van der Waals surface area contributed by atoms with Crippen LogP contribution in [-0.2, 0) is 5.75 Å². The molecule has 5 rings (SSSR count). The summed E-state index contributed by atoms with van der Waals surface area (Å²) < 4.78 is 21.1. The summed E-state index contributed by atoms with van der Waals surface area (Å²) in [6.07, 6.45) is 5.35. The molecule has 0 aliphatic carbocycles. The molecule has 0 amide bonds. The summed E-state index contributed by atoms with van der Waals surface area (Å²) in [7, 11) is 0. The van der Waals surface area contributed by atoms with Gasteiger partial charge in [-0.05, 0) is 69.3 Å². The van der Waals surface area contributed by atoms with Gasteiger partial charge in [0, 0.05) is 16.8 Å². The second kappa shape index (κ2) is 9.56. The van der Waals surface area contributed by atoms with E-state index in [1.165, 1.54) is 31.4 Å². The topological polar surface area (TPSA) is 60.0 Å². The van der Waals surface area contributed by atoms with E-state index in [0.29, 0.717) is 5.75 Å². The van der Waals surface area contributed by atoms with E-state index in [0.717, 1.165) is 46.2 Å². The van der Waals surface area contributed by atoms with Gasteiger partial charge in [0.2, 0.25) is 0 Å². The van der Waals surface area contributed by atoms with Gasteiger partial charge in [-0.25, -0.2) is 9.37 Å². The number of rotatable bonds is 7. The molecule has 1 unspecified atom stereocenters. The molecular formula is C23H24FN5OS2. The Morgan fingerprint density at radius 3 is 2.69 bits per heavy atom. The van der Waals surface area contributed by atoms with Crippen molar-refractivity contribution in [1.29, 1.82) is 0 Å². The SMILES string of the molecule is CC(c1nnc(SCc2csc(-c3ccco3)n2)n1-c1ccc(F)cc1)N1CCCCC1. The number of aromatic nitrogens is 4. The van der Waals surface area contributed by atoms with Gasteiger partial charge in [0.15, 0.2) is 21.7 Å². The van der Waals surface area contributed by atoms with E-state index in [9.17, 15) is 4.39 Å². The van der Waals surface area contributed by atoms with Gasteiger partial charge >= 0.3 is 0 Å². The third-order valence-corrected chi connectivity index (χ3v) is 7.56. The van der Waals surface area contributed by atoms with Crippen LogP contribution in [0.15, 0.2) is 57.6 Å². The van der Waals surface area contributed by atoms with Gasteiger partial charge in [-0.1, -0.05) is 18.2 Å². The van der Waals surface area contributed by atoms with Crippen molar-refractivity contribution < 1.29 is 8.81 Å². The summed E-state index contributed by atoms with van der Waals surface area (Å²) >= 11 is 3.15. The van der Waals surface area contributed by atoms with Gasteiger partial charge in [-0.2, -0.15) is 0 Å². The summed E-state index contributed by atoms with van der Waals surface area (Å²) in [4.78, 5) is 7.14. The average molecular weight is 470 g/mol. The van der Waals surface area contributed by atoms with Crippen LogP contribution in [0.5, 0.6) is 0 Å². The van der Waals surface area contributed by atoms with Crippen molar-refractivity contribution >= 4 is 23.1 Å². The number of thiazole rings is 1. The number of nitrogens with zero attached hydrogens (tertiary/aromatic N) is 5. The van der Waals surface area contributed by atoms with E-state index in [1.54, 1.807) is 41.5 Å². The molecule has 1 aliphatic heterocycles. The van der Waals surface area contributed by atoms with Crippen LogP contribution in [0.25, 0.3) is 16.5 Å². The zero-order valence-electron chi connectivity index (χ0n) is 17.8. The van der Waals surface area contributed by atoms with Crippen LogP contribution in [0.2, 0.25) is 0 Å². The zero-order chi connectivity index (χ0) is 21.9. The minimum absolute atomic E-state index is 0.132. The molecule has 1 atom stereocenters. The monoisotopic (exact) mass is 469 g/mol. The molecule has 166 valence electrons. The van der Waals surface area contributed by atoms with Crippen molar-refractivity contribution in [3.63, 3.8) is 0 Å². The van der Waals surface area contributed by atoms with Gasteiger partial charge in [0.1, 0.15) is 5.82 Å². The number of benzene rings is 1. The van der Waals surface area contributed by atoms with Gasteiger partial charge in [-0.15, -0.1) is 21.5 Å². The Bertz CT molecular complexity index is 1150. The first-order valence-electron chi connectivity index (χ1n) is 10.8. The van der Waals surface area contributed by atoms with Gasteiger partial charge in [0.25, 0.3) is 0 Å². The summed E-state index contributed by atoms with van der Waals surface area (Å²) in [5, 5.41) is 12.8. The average Bonchev–Trinajstić information content (AvgIpc) is 3.59. The standard InChI is InChI=1S/C23H24FN5OS2/c1-16(28-11-3-2-4-12-28)21-26-27-23(29(21)19-9-7-17(24)8-10-19)32-15-18-14-31-22(25-18)20-6-5-13-30-20/h5-10,13-14,16H,2-4,11-12,15H2,1H3. The van der Waals surface area contributed by atoms with E-state index >= 15 is 0 Å². The van der Waals surface area contributed by atoms with Crippen molar-refractivity contribution in [2.24, 2.45) is 0 Å². The largest absolute Gasteiger partial charge is 0.462 e. The number of furan rings is 1. The van der Waals surface area contributed by atoms with E-state index in [2.05, 4.69) is 31.6 Å². The predicted octanol–water partition coefficient (Wildman–Crippen LogP) is 5.96. The van der Waals surface area contributed by atoms with Crippen LogP contribution in [0.1, 0.15) is 43.7 Å². The fraction of sp³-hybridized carbons (Fsp3) is 0.348. The molecule has 0 spiro atoms. The third kappa shape index (κ3) is 4.51. The lowest BCUT2D eigenvalue weighted by Crippen LogP contribution is -2.33. The first-order valence-corrected chi connectivity index (χ1v) is 12.6. The van der Waals surface area contributed by atoms with Crippen LogP contribution < -0.4 is 0 Å². The fourth-order valence-corrected chi connectivity index (χ4v) is 5.72. The van der Waals surface area contributed by atoms with Crippen LogP contribution in [0.4, 0.5) is 4.39 Å². The molecular weight excluding hydrogens is 445 g/mol. The number of hydrogen-bond donors (Lipinski definition) is 0. The van der Waals surface area contributed by atoms with Crippen molar-refractivity contribution in [1.82, 2.24) is 24.6 Å². The molecule has 9 heteroatoms. The van der Waals surface area contributed by atoms with Gasteiger partial charge in [-0.3, -0.25) is 9.47 Å². The number of hydrogen-bond acceptors (Lipinski definition) is 7. The lowest BCUT2D eigenvalue weighted by molar-refractivity contribution is 0.167. The molecule has 1 aliphatic rings. The number of thioether (sulfide) groups is 1. The highest BCUT2D eigenvalue weighted by Crippen LogP contribution is 2.32. The summed E-state index contributed by atoms with van der Waals surface area (Å²) in [6.45, 7) is 4.31. The van der Waals surface area contributed by atoms with Crippen molar-refractivity contribution in [2.75, 3.05) is 13.1 Å². The molecule has 0 saturated carbocycles. The minimum Gasteiger partial charge on any atom is -0.462 e. The molecule has 0 N–H and O–H groups in total. The molecule has 1 fully saturated rings. The summed E-state index contributed by atoms with van der Waals surface area (Å²) in [6, 6.07) is 10.4. The maximum Gasteiger partial charge on any atom is 0.196 e. The molecule has 3 aromatic heterocycles. The highest BCUT2D eigenvalue weighted by Gasteiger charge is 2.25. The van der Waals surface area contributed by atoms with Crippen LogP contribution in [0.3, 0.4) is 0 Å². The minimum atomic E-state index is -0.255. The Morgan fingerprint density at radius 2 is 1.94 bits per heavy atom. The summed E-state index contributed by atoms with van der Waals surface area (Å²) in [5.74, 6) is 2.07. The van der Waals surface area contributed by atoms with Crippen molar-refractivity contribution in [2.45, 2.75) is 43.1 Å². The van der Waals surface area contributed by atoms with Crippen LogP contribution >= 0.6 is 23.1 Å². The molecule has 1 aromatic carbocycles. The van der Waals surface area contributed by atoms with Gasteiger partial charge in [0.05, 0.1) is 18.0 Å². The Balaban J connectivity index is 1.41. The Kier molecular flexibility index (Phi) is 6.38. The van der Waals surface area contributed by atoms with Crippen molar-refractivity contribution in [3.8, 4) is 16.5 Å². The fourth-order valence-electron chi connectivity index (χ4n) is 3.97. The Hall–Kier alpha value is -2.49. The maximum absolute atomic E-state index is 13.6. The number of likely N-dealkylation sites (tertiary alicyclic amines) is 1. The Labute approximate surface area is 194 Å². The van der Waals surface area contributed by atoms with E-state index in [-0.39, 0.29) is 11.9 Å². The molecule has 0 bridgehead atoms. The molecule has 4 heterocycles. The molecule has 0 radical (unpaired) electrons. The lowest BCUT2D eigenvalue weighted by Gasteiger charge is -2.31.